The molecule has 5 nitrogen and oxygen atoms in total. The molecular weight excluding hydrogens is 398 g/mol. The Labute approximate surface area is 190 Å². The number of hydrogen-bond donors (Lipinski definition) is 1. The highest BCUT2D eigenvalue weighted by atomic mass is 16.2. The van der Waals surface area contributed by atoms with E-state index in [0.717, 1.165) is 30.3 Å². The van der Waals surface area contributed by atoms with Crippen molar-refractivity contribution < 1.29 is 9.59 Å². The molecule has 1 fully saturated rings. The Hall–Kier alpha value is -3.08. The van der Waals surface area contributed by atoms with Crippen molar-refractivity contribution in [3.8, 4) is 0 Å². The Kier molecular flexibility index (Phi) is 6.35. The zero-order valence-electron chi connectivity index (χ0n) is 19.3. The second-order valence-corrected chi connectivity index (χ2v) is 9.82. The van der Waals surface area contributed by atoms with Crippen molar-refractivity contribution >= 4 is 22.7 Å². The number of aromatic amines is 1. The van der Waals surface area contributed by atoms with Gasteiger partial charge in [0.05, 0.1) is 0 Å². The lowest BCUT2D eigenvalue weighted by Crippen LogP contribution is -2.47. The fourth-order valence-electron chi connectivity index (χ4n) is 4.12. The van der Waals surface area contributed by atoms with Gasteiger partial charge in [0, 0.05) is 41.6 Å². The van der Waals surface area contributed by atoms with Crippen LogP contribution >= 0.6 is 0 Å². The van der Waals surface area contributed by atoms with Crippen molar-refractivity contribution in [2.45, 2.75) is 52.6 Å². The van der Waals surface area contributed by atoms with Gasteiger partial charge in [-0.05, 0) is 36.5 Å². The van der Waals surface area contributed by atoms with E-state index in [2.05, 4.69) is 17.1 Å². The van der Waals surface area contributed by atoms with Gasteiger partial charge in [-0.3, -0.25) is 9.59 Å². The van der Waals surface area contributed by atoms with Crippen LogP contribution in [0.1, 0.15) is 44.7 Å². The van der Waals surface area contributed by atoms with Crippen molar-refractivity contribution in [3.63, 3.8) is 0 Å². The lowest BCUT2D eigenvalue weighted by molar-refractivity contribution is -0.146. The number of benzene rings is 2. The molecule has 0 saturated heterocycles. The zero-order valence-corrected chi connectivity index (χ0v) is 19.3. The van der Waals surface area contributed by atoms with E-state index in [4.69, 9.17) is 0 Å². The molecule has 2 aromatic carbocycles. The smallest absolute Gasteiger partial charge is 0.242 e. The van der Waals surface area contributed by atoms with E-state index in [1.807, 2.05) is 79.2 Å². The van der Waals surface area contributed by atoms with Gasteiger partial charge in [0.15, 0.2) is 0 Å². The van der Waals surface area contributed by atoms with Crippen molar-refractivity contribution in [2.75, 3.05) is 13.1 Å². The highest BCUT2D eigenvalue weighted by Crippen LogP contribution is 2.31. The Morgan fingerprint density at radius 3 is 2.38 bits per heavy atom. The second-order valence-electron chi connectivity index (χ2n) is 9.82. The number of para-hydroxylation sites is 1. The number of carbonyl (C=O) groups is 2. The van der Waals surface area contributed by atoms with E-state index in [1.54, 1.807) is 0 Å². The Balaban J connectivity index is 1.51. The first-order valence-electron chi connectivity index (χ1n) is 11.5. The number of amides is 2. The highest BCUT2D eigenvalue weighted by Gasteiger charge is 2.39. The van der Waals surface area contributed by atoms with Crippen molar-refractivity contribution in [1.82, 2.24) is 14.8 Å². The Bertz CT molecular complexity index is 1080. The summed E-state index contributed by atoms with van der Waals surface area (Å²) in [5.41, 5.74) is 2.92. The van der Waals surface area contributed by atoms with E-state index in [9.17, 15) is 9.59 Å². The molecule has 3 aromatic rings. The zero-order chi connectivity index (χ0) is 22.7. The Morgan fingerprint density at radius 1 is 1.00 bits per heavy atom. The fourth-order valence-corrected chi connectivity index (χ4v) is 4.12. The first-order chi connectivity index (χ1) is 15.3. The minimum Gasteiger partial charge on any atom is -0.361 e. The molecule has 0 bridgehead atoms. The van der Waals surface area contributed by atoms with Crippen LogP contribution in [0.2, 0.25) is 0 Å². The monoisotopic (exact) mass is 431 g/mol. The summed E-state index contributed by atoms with van der Waals surface area (Å²) >= 11 is 0. The number of nitrogens with zero attached hydrogens (tertiary/aromatic N) is 2. The van der Waals surface area contributed by atoms with Crippen LogP contribution in [0, 0.1) is 5.41 Å². The molecule has 0 spiro atoms. The molecule has 0 radical (unpaired) electrons. The molecule has 5 heteroatoms. The largest absolute Gasteiger partial charge is 0.361 e. The summed E-state index contributed by atoms with van der Waals surface area (Å²) in [7, 11) is 0. The van der Waals surface area contributed by atoms with E-state index in [-0.39, 0.29) is 24.4 Å². The molecule has 2 amide bonds. The van der Waals surface area contributed by atoms with E-state index in [0.29, 0.717) is 13.1 Å². The predicted molar refractivity (Wildman–Crippen MR) is 128 cm³/mol. The number of hydrogen-bond acceptors (Lipinski definition) is 2. The summed E-state index contributed by atoms with van der Waals surface area (Å²) in [5, 5.41) is 1.20. The van der Waals surface area contributed by atoms with Crippen LogP contribution in [0.4, 0.5) is 0 Å². The predicted octanol–water partition coefficient (Wildman–Crippen LogP) is 4.78. The highest BCUT2D eigenvalue weighted by molar-refractivity contribution is 5.88. The molecule has 0 aliphatic heterocycles. The normalized spacial score (nSPS) is 13.8. The van der Waals surface area contributed by atoms with Gasteiger partial charge in [-0.25, -0.2) is 0 Å². The molecule has 4 rings (SSSR count). The van der Waals surface area contributed by atoms with Crippen LogP contribution in [0.5, 0.6) is 0 Å². The van der Waals surface area contributed by atoms with E-state index >= 15 is 0 Å². The van der Waals surface area contributed by atoms with Crippen LogP contribution in [0.3, 0.4) is 0 Å². The third-order valence-electron chi connectivity index (χ3n) is 6.09. The van der Waals surface area contributed by atoms with Gasteiger partial charge in [-0.1, -0.05) is 69.3 Å². The third kappa shape index (κ3) is 5.21. The number of aromatic nitrogens is 1. The molecule has 0 atom stereocenters. The van der Waals surface area contributed by atoms with Crippen molar-refractivity contribution in [3.05, 3.63) is 71.9 Å². The number of nitrogens with one attached hydrogen (secondary N) is 1. The summed E-state index contributed by atoms with van der Waals surface area (Å²) in [6, 6.07) is 18.5. The molecule has 1 aliphatic rings. The maximum absolute atomic E-state index is 13.5. The second kappa shape index (κ2) is 9.19. The quantitative estimate of drug-likeness (QED) is 0.558. The molecule has 1 aliphatic carbocycles. The van der Waals surface area contributed by atoms with Crippen LogP contribution < -0.4 is 0 Å². The fraction of sp³-hybridized carbons (Fsp3) is 0.407. The van der Waals surface area contributed by atoms with Crippen molar-refractivity contribution in [2.24, 2.45) is 5.41 Å². The minimum absolute atomic E-state index is 0.0122. The molecule has 1 aromatic heterocycles. The number of H-pyrrole nitrogens is 1. The molecule has 32 heavy (non-hydrogen) atoms. The topological polar surface area (TPSA) is 56.4 Å². The van der Waals surface area contributed by atoms with Crippen molar-refractivity contribution in [1.29, 1.82) is 0 Å². The standard InChI is InChI=1S/C27H33N3O2/c1-27(2,3)26(32)30(22-13-14-22)19-25(31)29(18-20-9-5-4-6-10-20)16-15-21-17-28-24-12-8-7-11-23(21)24/h4-12,17,22,28H,13-16,18-19H2,1-3H3. The summed E-state index contributed by atoms with van der Waals surface area (Å²) in [5.74, 6) is 0.0721. The average Bonchev–Trinajstić information content (AvgIpc) is 3.54. The molecule has 1 N–H and O–H groups in total. The summed E-state index contributed by atoms with van der Waals surface area (Å²) in [6.45, 7) is 7.08. The van der Waals surface area contributed by atoms with E-state index in [1.165, 1.54) is 10.9 Å². The summed E-state index contributed by atoms with van der Waals surface area (Å²) in [6.07, 6.45) is 4.78. The molecule has 1 saturated carbocycles. The van der Waals surface area contributed by atoms with Crippen LogP contribution in [0.25, 0.3) is 10.9 Å². The lowest BCUT2D eigenvalue weighted by Gasteiger charge is -2.32. The van der Waals surface area contributed by atoms with Crippen LogP contribution in [-0.2, 0) is 22.6 Å². The number of fused-ring (bicyclic) bond motifs is 1. The number of carbonyl (C=O) groups excluding carboxylic acids is 2. The number of rotatable bonds is 8. The average molecular weight is 432 g/mol. The van der Waals surface area contributed by atoms with Crippen LogP contribution in [0.15, 0.2) is 60.8 Å². The van der Waals surface area contributed by atoms with Gasteiger partial charge in [0.25, 0.3) is 0 Å². The Morgan fingerprint density at radius 2 is 1.69 bits per heavy atom. The first kappa shape index (κ1) is 22.1. The third-order valence-corrected chi connectivity index (χ3v) is 6.09. The molecule has 1 heterocycles. The lowest BCUT2D eigenvalue weighted by atomic mass is 9.94. The van der Waals surface area contributed by atoms with Gasteiger partial charge >= 0.3 is 0 Å². The van der Waals surface area contributed by atoms with Gasteiger partial charge in [0.1, 0.15) is 6.54 Å². The van der Waals surface area contributed by atoms with Gasteiger partial charge in [0.2, 0.25) is 11.8 Å². The maximum atomic E-state index is 13.5. The van der Waals surface area contributed by atoms with Gasteiger partial charge < -0.3 is 14.8 Å². The summed E-state index contributed by atoms with van der Waals surface area (Å²) < 4.78 is 0. The summed E-state index contributed by atoms with van der Waals surface area (Å²) in [4.78, 5) is 33.5. The first-order valence-corrected chi connectivity index (χ1v) is 11.5. The molecule has 0 unspecified atom stereocenters. The SMILES string of the molecule is CC(C)(C)C(=O)N(CC(=O)N(CCc1c[nH]c2ccccc12)Cc1ccccc1)C1CC1. The minimum atomic E-state index is -0.489. The molecule has 168 valence electrons. The molecular formula is C27H33N3O2. The van der Waals surface area contributed by atoms with Gasteiger partial charge in [-0.2, -0.15) is 0 Å². The van der Waals surface area contributed by atoms with Gasteiger partial charge in [-0.15, -0.1) is 0 Å². The van der Waals surface area contributed by atoms with E-state index < -0.39 is 5.41 Å². The van der Waals surface area contributed by atoms with Crippen LogP contribution in [-0.4, -0.2) is 45.7 Å². The maximum Gasteiger partial charge on any atom is 0.242 e.